The number of hydrogen-bond donors (Lipinski definition) is 2. The van der Waals surface area contributed by atoms with Gasteiger partial charge in [-0.3, -0.25) is 4.79 Å². The predicted molar refractivity (Wildman–Crippen MR) is 131 cm³/mol. The lowest BCUT2D eigenvalue weighted by atomic mass is 9.99. The maximum Gasteiger partial charge on any atom is 0.306 e. The summed E-state index contributed by atoms with van der Waals surface area (Å²) in [5.74, 6) is 0.0152. The summed E-state index contributed by atoms with van der Waals surface area (Å²) in [6.45, 7) is 1.23. The second kappa shape index (κ2) is 11.1. The minimum Gasteiger partial charge on any atom is -0.395 e. The fourth-order valence-corrected chi connectivity index (χ4v) is 8.52. The van der Waals surface area contributed by atoms with Crippen LogP contribution in [-0.2, 0) is 19.5 Å². The van der Waals surface area contributed by atoms with E-state index >= 15 is 0 Å². The molecule has 3 aromatic carbocycles. The van der Waals surface area contributed by atoms with Gasteiger partial charge >= 0.3 is 10.1 Å². The van der Waals surface area contributed by atoms with Gasteiger partial charge in [0.2, 0.25) is 0 Å². The highest BCUT2D eigenvalue weighted by atomic mass is 32.3. The zero-order chi connectivity index (χ0) is 23.9. The van der Waals surface area contributed by atoms with Gasteiger partial charge in [-0.1, -0.05) is 72.3 Å². The minimum absolute atomic E-state index is 0.00880. The molecule has 0 bridgehead atoms. The first-order valence-electron chi connectivity index (χ1n) is 10.5. The average Bonchev–Trinajstić information content (AvgIpc) is 2.80. The number of ketones is 1. The van der Waals surface area contributed by atoms with Gasteiger partial charge in [0.25, 0.3) is 0 Å². The normalized spacial score (nSPS) is 12.5. The van der Waals surface area contributed by atoms with Gasteiger partial charge in [0.1, 0.15) is 0 Å². The number of carbonyl (C=O) groups is 1. The molecule has 0 unspecified atom stereocenters. The van der Waals surface area contributed by atoms with Crippen LogP contribution in [-0.4, -0.2) is 49.1 Å². The van der Waals surface area contributed by atoms with E-state index in [2.05, 4.69) is 0 Å². The van der Waals surface area contributed by atoms with Crippen LogP contribution < -0.4 is 0 Å². The molecular formula is C25H28O6S2. The fraction of sp³-hybridized carbons (Fsp3) is 0.240. The van der Waals surface area contributed by atoms with Gasteiger partial charge in [0, 0.05) is 28.4 Å². The monoisotopic (exact) mass is 488 g/mol. The first-order chi connectivity index (χ1) is 15.8. The Kier molecular flexibility index (Phi) is 8.45. The molecule has 33 heavy (non-hydrogen) atoms. The molecule has 3 rings (SSSR count). The molecule has 3 aromatic rings. The summed E-state index contributed by atoms with van der Waals surface area (Å²) in [6.07, 6.45) is 0. The van der Waals surface area contributed by atoms with Gasteiger partial charge in [-0.25, -0.2) is 3.63 Å². The van der Waals surface area contributed by atoms with Crippen LogP contribution in [0, 0.1) is 6.92 Å². The maximum atomic E-state index is 13.2. The first-order valence-corrected chi connectivity index (χ1v) is 14.0. The van der Waals surface area contributed by atoms with Gasteiger partial charge in [0.15, 0.2) is 5.78 Å². The zero-order valence-electron chi connectivity index (χ0n) is 18.4. The standard InChI is InChI=1S/C25H28O6S2/c1-20-11-13-23(14-12-20)33(29,30)31-32(17-15-26,18-16-27)19-22-9-5-6-10-24(22)25(28)21-7-3-2-4-8-21/h2-14,26-27H,15-19H2,1H3. The van der Waals surface area contributed by atoms with Gasteiger partial charge in [0.05, 0.1) is 18.1 Å². The number of rotatable bonds is 11. The van der Waals surface area contributed by atoms with E-state index in [-0.39, 0.29) is 41.2 Å². The Morgan fingerprint density at radius 2 is 1.39 bits per heavy atom. The Balaban J connectivity index is 2.00. The van der Waals surface area contributed by atoms with Crippen molar-refractivity contribution in [1.82, 2.24) is 0 Å². The molecular weight excluding hydrogens is 460 g/mol. The lowest BCUT2D eigenvalue weighted by Gasteiger charge is -2.38. The highest BCUT2D eigenvalue weighted by Crippen LogP contribution is 2.54. The summed E-state index contributed by atoms with van der Waals surface area (Å²) in [6, 6.07) is 22.1. The SMILES string of the molecule is Cc1ccc(S(=O)(=O)OS(CCO)(CCO)Cc2ccccc2C(=O)c2ccccc2)cc1. The maximum absolute atomic E-state index is 13.2. The van der Waals surface area contributed by atoms with E-state index in [9.17, 15) is 23.4 Å². The van der Waals surface area contributed by atoms with Crippen molar-refractivity contribution >= 4 is 26.2 Å². The molecule has 0 aliphatic rings. The summed E-state index contributed by atoms with van der Waals surface area (Å²) in [4.78, 5) is 13.2. The van der Waals surface area contributed by atoms with Crippen LogP contribution in [0.5, 0.6) is 0 Å². The Bertz CT molecular complexity index is 1170. The van der Waals surface area contributed by atoms with E-state index in [1.54, 1.807) is 60.7 Å². The van der Waals surface area contributed by atoms with Crippen LogP contribution in [0.4, 0.5) is 0 Å². The van der Waals surface area contributed by atoms with E-state index < -0.39 is 20.4 Å². The van der Waals surface area contributed by atoms with Crippen molar-refractivity contribution in [1.29, 1.82) is 0 Å². The molecule has 0 aliphatic carbocycles. The van der Waals surface area contributed by atoms with Gasteiger partial charge in [-0.05, 0) is 24.6 Å². The largest absolute Gasteiger partial charge is 0.395 e. The van der Waals surface area contributed by atoms with E-state index in [1.807, 2.05) is 13.0 Å². The van der Waals surface area contributed by atoms with E-state index in [0.29, 0.717) is 16.7 Å². The van der Waals surface area contributed by atoms with Gasteiger partial charge < -0.3 is 10.2 Å². The third-order valence-corrected chi connectivity index (χ3v) is 10.6. The summed E-state index contributed by atoms with van der Waals surface area (Å²) in [5.41, 5.74) is 2.48. The van der Waals surface area contributed by atoms with Crippen molar-refractivity contribution in [2.24, 2.45) is 0 Å². The summed E-state index contributed by atoms with van der Waals surface area (Å²) >= 11 is 0. The molecule has 8 heteroatoms. The van der Waals surface area contributed by atoms with Crippen LogP contribution in [0.2, 0.25) is 0 Å². The van der Waals surface area contributed by atoms with Gasteiger partial charge in [-0.2, -0.15) is 8.42 Å². The molecule has 0 radical (unpaired) electrons. The molecule has 0 aliphatic heterocycles. The predicted octanol–water partition coefficient (Wildman–Crippen LogP) is 3.84. The Labute approximate surface area is 196 Å². The van der Waals surface area contributed by atoms with Crippen molar-refractivity contribution < 1.29 is 27.1 Å². The number of benzene rings is 3. The van der Waals surface area contributed by atoms with E-state index in [0.717, 1.165) is 5.56 Å². The summed E-state index contributed by atoms with van der Waals surface area (Å²) in [7, 11) is -6.70. The molecule has 2 N–H and O–H groups in total. The van der Waals surface area contributed by atoms with Crippen LogP contribution in [0.15, 0.2) is 83.8 Å². The van der Waals surface area contributed by atoms with Crippen molar-refractivity contribution in [3.05, 3.63) is 101 Å². The Morgan fingerprint density at radius 3 is 2.00 bits per heavy atom. The van der Waals surface area contributed by atoms with Crippen molar-refractivity contribution in [2.75, 3.05) is 24.7 Å². The molecule has 0 spiro atoms. The number of carbonyl (C=O) groups excluding carboxylic acids is 1. The third-order valence-electron chi connectivity index (χ3n) is 5.19. The molecule has 6 nitrogen and oxygen atoms in total. The number of aryl methyl sites for hydroxylation is 1. The molecule has 0 fully saturated rings. The second-order valence-electron chi connectivity index (χ2n) is 7.65. The lowest BCUT2D eigenvalue weighted by Crippen LogP contribution is -2.24. The van der Waals surface area contributed by atoms with Crippen LogP contribution >= 0.6 is 10.3 Å². The Morgan fingerprint density at radius 1 is 0.818 bits per heavy atom. The third kappa shape index (κ3) is 6.31. The number of aliphatic hydroxyl groups is 2. The first kappa shape index (κ1) is 25.1. The molecule has 0 saturated heterocycles. The summed E-state index contributed by atoms with van der Waals surface area (Å²) < 4.78 is 32.0. The Hall–Kier alpha value is -2.49. The molecule has 0 atom stereocenters. The van der Waals surface area contributed by atoms with Crippen molar-refractivity contribution in [2.45, 2.75) is 17.6 Å². The highest BCUT2D eigenvalue weighted by molar-refractivity contribution is 8.32. The second-order valence-corrected chi connectivity index (χ2v) is 12.6. The smallest absolute Gasteiger partial charge is 0.306 e. The quantitative estimate of drug-likeness (QED) is 0.398. The average molecular weight is 489 g/mol. The topological polar surface area (TPSA) is 101 Å². The lowest BCUT2D eigenvalue weighted by molar-refractivity contribution is 0.103. The molecule has 0 amide bonds. The molecule has 0 saturated carbocycles. The highest BCUT2D eigenvalue weighted by Gasteiger charge is 2.33. The number of aliphatic hydroxyl groups excluding tert-OH is 2. The van der Waals surface area contributed by atoms with Crippen LogP contribution in [0.25, 0.3) is 0 Å². The number of hydrogen-bond acceptors (Lipinski definition) is 6. The van der Waals surface area contributed by atoms with Crippen molar-refractivity contribution in [3.63, 3.8) is 0 Å². The van der Waals surface area contributed by atoms with E-state index in [1.165, 1.54) is 12.1 Å². The minimum atomic E-state index is -4.15. The molecule has 176 valence electrons. The van der Waals surface area contributed by atoms with Crippen LogP contribution in [0.1, 0.15) is 27.0 Å². The molecule has 0 aromatic heterocycles. The van der Waals surface area contributed by atoms with Gasteiger partial charge in [-0.15, -0.1) is 10.3 Å². The van der Waals surface area contributed by atoms with Crippen LogP contribution in [0.3, 0.4) is 0 Å². The fourth-order valence-electron chi connectivity index (χ4n) is 3.50. The summed E-state index contributed by atoms with van der Waals surface area (Å²) in [5, 5.41) is 19.5. The zero-order valence-corrected chi connectivity index (χ0v) is 20.0. The van der Waals surface area contributed by atoms with E-state index in [4.69, 9.17) is 3.63 Å². The van der Waals surface area contributed by atoms with Crippen molar-refractivity contribution in [3.8, 4) is 0 Å². The molecule has 0 heterocycles.